The first-order chi connectivity index (χ1) is 7.50. The van der Waals surface area contributed by atoms with Gasteiger partial charge < -0.3 is 4.74 Å². The quantitative estimate of drug-likeness (QED) is 0.315. The summed E-state index contributed by atoms with van der Waals surface area (Å²) in [4.78, 5) is 22.4. The monoisotopic (exact) mass is 225 g/mol. The summed E-state index contributed by atoms with van der Waals surface area (Å²) in [5.41, 5.74) is 0. The van der Waals surface area contributed by atoms with Crippen molar-refractivity contribution in [1.29, 1.82) is 0 Å². The van der Waals surface area contributed by atoms with Gasteiger partial charge in [0.15, 0.2) is 0 Å². The van der Waals surface area contributed by atoms with E-state index in [1.165, 1.54) is 0 Å². The van der Waals surface area contributed by atoms with Gasteiger partial charge in [-0.15, -0.1) is 0 Å². The Bertz CT molecular complexity index is 350. The Balaban J connectivity index is 2.16. The Morgan fingerprint density at radius 1 is 1.44 bits per heavy atom. The molecule has 0 aromatic rings. The Hall–Kier alpha value is -1.39. The van der Waals surface area contributed by atoms with E-state index in [0.717, 1.165) is 0 Å². The molecule has 16 heavy (non-hydrogen) atoms. The van der Waals surface area contributed by atoms with E-state index in [4.69, 9.17) is 4.74 Å². The van der Waals surface area contributed by atoms with Crippen LogP contribution in [0.2, 0.25) is 0 Å². The maximum Gasteiger partial charge on any atom is 0.316 e. The first kappa shape index (κ1) is 11.1. The average Bonchev–Trinajstić information content (AvgIpc) is 2.74. The van der Waals surface area contributed by atoms with Crippen molar-refractivity contribution < 1.29 is 14.5 Å². The van der Waals surface area contributed by atoms with Crippen molar-refractivity contribution in [3.63, 3.8) is 0 Å². The lowest BCUT2D eigenvalue weighted by molar-refractivity contribution is -0.533. The van der Waals surface area contributed by atoms with E-state index in [1.807, 2.05) is 12.2 Å². The smallest absolute Gasteiger partial charge is 0.316 e. The van der Waals surface area contributed by atoms with Crippen molar-refractivity contribution in [2.45, 2.75) is 32.4 Å². The topological polar surface area (TPSA) is 69.4 Å². The molecule has 0 saturated heterocycles. The van der Waals surface area contributed by atoms with Crippen LogP contribution in [0, 0.1) is 27.9 Å². The van der Waals surface area contributed by atoms with E-state index in [1.54, 1.807) is 13.8 Å². The third-order valence-electron chi connectivity index (χ3n) is 3.29. The number of carbonyl (C=O) groups excluding carboxylic acids is 1. The normalized spacial score (nSPS) is 35.7. The van der Waals surface area contributed by atoms with Gasteiger partial charge in [-0.25, -0.2) is 0 Å². The van der Waals surface area contributed by atoms with Crippen LogP contribution >= 0.6 is 0 Å². The predicted octanol–water partition coefficient (Wildman–Crippen LogP) is 1.41. The highest BCUT2D eigenvalue weighted by molar-refractivity contribution is 5.75. The molecule has 5 nitrogen and oxygen atoms in total. The lowest BCUT2D eigenvalue weighted by Gasteiger charge is -2.21. The summed E-state index contributed by atoms with van der Waals surface area (Å²) in [6.07, 6.45) is 4.26. The molecular formula is C11H15NO4. The van der Waals surface area contributed by atoms with Gasteiger partial charge in [-0.1, -0.05) is 12.2 Å². The van der Waals surface area contributed by atoms with Crippen LogP contribution in [0.5, 0.6) is 0 Å². The number of carbonyl (C=O) groups is 1. The van der Waals surface area contributed by atoms with Crippen LogP contribution in [0.15, 0.2) is 12.2 Å². The molecule has 2 aliphatic rings. The minimum Gasteiger partial charge on any atom is -0.463 e. The molecule has 2 aliphatic carbocycles. The SMILES string of the molecule is CC(C)OC(=O)[C@@H]1[C@@H]([N+](=O)[O-])[C@H]2C=C[C@@H]1C2. The number of rotatable bonds is 3. The number of fused-ring (bicyclic) bond motifs is 2. The van der Waals surface area contributed by atoms with E-state index in [0.29, 0.717) is 6.42 Å². The summed E-state index contributed by atoms with van der Waals surface area (Å²) in [6.45, 7) is 3.50. The molecule has 1 saturated carbocycles. The summed E-state index contributed by atoms with van der Waals surface area (Å²) < 4.78 is 5.09. The molecule has 0 radical (unpaired) electrons. The summed E-state index contributed by atoms with van der Waals surface area (Å²) in [5, 5.41) is 11.0. The zero-order chi connectivity index (χ0) is 11.9. The molecule has 0 aromatic carbocycles. The van der Waals surface area contributed by atoms with E-state index in [2.05, 4.69) is 0 Å². The van der Waals surface area contributed by atoms with Crippen molar-refractivity contribution in [3.8, 4) is 0 Å². The molecule has 88 valence electrons. The number of esters is 1. The van der Waals surface area contributed by atoms with Crippen LogP contribution in [0.1, 0.15) is 20.3 Å². The van der Waals surface area contributed by atoms with Gasteiger partial charge in [0.25, 0.3) is 0 Å². The fourth-order valence-electron chi connectivity index (χ4n) is 2.71. The Morgan fingerprint density at radius 3 is 2.62 bits per heavy atom. The summed E-state index contributed by atoms with van der Waals surface area (Å²) in [5.74, 6) is -1.11. The zero-order valence-corrected chi connectivity index (χ0v) is 9.33. The van der Waals surface area contributed by atoms with Gasteiger partial charge in [0.1, 0.15) is 5.92 Å². The van der Waals surface area contributed by atoms with Gasteiger partial charge >= 0.3 is 5.97 Å². The van der Waals surface area contributed by atoms with Crippen LogP contribution in [0.4, 0.5) is 0 Å². The highest BCUT2D eigenvalue weighted by Gasteiger charge is 2.56. The molecule has 4 atom stereocenters. The molecule has 2 bridgehead atoms. The van der Waals surface area contributed by atoms with Crippen molar-refractivity contribution in [2.24, 2.45) is 17.8 Å². The molecule has 0 aliphatic heterocycles. The van der Waals surface area contributed by atoms with Gasteiger partial charge in [-0.05, 0) is 26.2 Å². The number of nitrogens with zero attached hydrogens (tertiary/aromatic N) is 1. The highest BCUT2D eigenvalue weighted by Crippen LogP contribution is 2.45. The number of nitro groups is 1. The van der Waals surface area contributed by atoms with Gasteiger partial charge in [0.05, 0.1) is 6.10 Å². The molecule has 0 heterocycles. The lowest BCUT2D eigenvalue weighted by Crippen LogP contribution is -2.39. The second-order valence-corrected chi connectivity index (χ2v) is 4.74. The predicted molar refractivity (Wildman–Crippen MR) is 56.2 cm³/mol. The molecule has 0 spiro atoms. The van der Waals surface area contributed by atoms with Gasteiger partial charge in [0.2, 0.25) is 6.04 Å². The van der Waals surface area contributed by atoms with E-state index < -0.39 is 17.9 Å². The minimum absolute atomic E-state index is 0.00773. The zero-order valence-electron chi connectivity index (χ0n) is 9.33. The van der Waals surface area contributed by atoms with Gasteiger partial charge in [-0.2, -0.15) is 0 Å². The van der Waals surface area contributed by atoms with Crippen LogP contribution in [0.25, 0.3) is 0 Å². The maximum absolute atomic E-state index is 11.8. The molecular weight excluding hydrogens is 210 g/mol. The van der Waals surface area contributed by atoms with Crippen molar-refractivity contribution >= 4 is 5.97 Å². The van der Waals surface area contributed by atoms with E-state index >= 15 is 0 Å². The first-order valence-corrected chi connectivity index (χ1v) is 5.53. The molecule has 0 amide bonds. The second-order valence-electron chi connectivity index (χ2n) is 4.74. The summed E-state index contributed by atoms with van der Waals surface area (Å²) in [6, 6.07) is -0.791. The highest BCUT2D eigenvalue weighted by atomic mass is 16.6. The molecule has 5 heteroatoms. The second kappa shape index (κ2) is 3.88. The Labute approximate surface area is 93.6 Å². The fraction of sp³-hybridized carbons (Fsp3) is 0.727. The molecule has 0 aromatic heterocycles. The third kappa shape index (κ3) is 1.70. The molecule has 2 rings (SSSR count). The molecule has 0 unspecified atom stereocenters. The number of ether oxygens (including phenoxy) is 1. The number of hydrogen-bond acceptors (Lipinski definition) is 4. The summed E-state index contributed by atoms with van der Waals surface area (Å²) >= 11 is 0. The van der Waals surface area contributed by atoms with Gasteiger partial charge in [0, 0.05) is 10.8 Å². The molecule has 0 N–H and O–H groups in total. The Kier molecular flexibility index (Phi) is 2.69. The van der Waals surface area contributed by atoms with E-state index in [9.17, 15) is 14.9 Å². The van der Waals surface area contributed by atoms with E-state index in [-0.39, 0.29) is 22.9 Å². The van der Waals surface area contributed by atoms with Crippen molar-refractivity contribution in [1.82, 2.24) is 0 Å². The summed E-state index contributed by atoms with van der Waals surface area (Å²) in [7, 11) is 0. The third-order valence-corrected chi connectivity index (χ3v) is 3.29. The van der Waals surface area contributed by atoms with Crippen LogP contribution in [0.3, 0.4) is 0 Å². The van der Waals surface area contributed by atoms with Crippen LogP contribution in [-0.4, -0.2) is 23.0 Å². The van der Waals surface area contributed by atoms with Crippen LogP contribution in [-0.2, 0) is 9.53 Å². The Morgan fingerprint density at radius 2 is 2.06 bits per heavy atom. The van der Waals surface area contributed by atoms with Crippen molar-refractivity contribution in [2.75, 3.05) is 0 Å². The first-order valence-electron chi connectivity index (χ1n) is 5.53. The lowest BCUT2D eigenvalue weighted by atomic mass is 9.89. The molecule has 1 fully saturated rings. The maximum atomic E-state index is 11.8. The van der Waals surface area contributed by atoms with Crippen molar-refractivity contribution in [3.05, 3.63) is 22.3 Å². The standard InChI is InChI=1S/C11H15NO4/c1-6(2)16-11(13)9-7-3-4-8(5-7)10(9)12(14)15/h3-4,6-10H,5H2,1-2H3/t7-,8+,9+,10+/m1/s1. The number of allylic oxidation sites excluding steroid dienone is 1. The largest absolute Gasteiger partial charge is 0.463 e. The average molecular weight is 225 g/mol. The minimum atomic E-state index is -0.791. The van der Waals surface area contributed by atoms with Crippen LogP contribution < -0.4 is 0 Å². The van der Waals surface area contributed by atoms with Gasteiger partial charge in [-0.3, -0.25) is 14.9 Å². The number of hydrogen-bond donors (Lipinski definition) is 0. The fourth-order valence-corrected chi connectivity index (χ4v) is 2.71.